The van der Waals surface area contributed by atoms with Crippen LogP contribution in [0.3, 0.4) is 0 Å². The molecule has 14 rings (SSSR count). The van der Waals surface area contributed by atoms with Crippen LogP contribution in [0.5, 0.6) is 0 Å². The molecule has 306 valence electrons. The SMILES string of the molecule is c1ccc(-c2cnc3c(n2)c2c(-c4cnccn4)ccc4c5ccc(-c6cnccn6)c6c7nccnc7n(c(=C(c7cccc8ccccc78)c7cccc8ccccc78)n3c42)c56)cc1. The average Bonchev–Trinajstić information content (AvgIpc) is 3.87. The molecule has 10 nitrogen and oxygen atoms in total. The highest BCUT2D eigenvalue weighted by atomic mass is 15.1. The van der Waals surface area contributed by atoms with Crippen molar-refractivity contribution in [3.8, 4) is 33.8 Å². The Hall–Kier alpha value is -9.28. The molecule has 14 aromatic rings. The summed E-state index contributed by atoms with van der Waals surface area (Å²) < 4.78 is 4.65. The van der Waals surface area contributed by atoms with Crippen LogP contribution < -0.4 is 5.48 Å². The van der Waals surface area contributed by atoms with Crippen LogP contribution in [-0.4, -0.2) is 48.7 Å². The van der Waals surface area contributed by atoms with Gasteiger partial charge >= 0.3 is 0 Å². The number of nitrogens with zero attached hydrogens (tertiary/aromatic N) is 10. The zero-order valence-corrected chi connectivity index (χ0v) is 34.9. The third-order valence-electron chi connectivity index (χ3n) is 12.9. The molecular weight excluding hydrogens is 813 g/mol. The predicted octanol–water partition coefficient (Wildman–Crippen LogP) is 11.2. The van der Waals surface area contributed by atoms with Crippen molar-refractivity contribution < 1.29 is 0 Å². The van der Waals surface area contributed by atoms with Crippen molar-refractivity contribution in [3.63, 3.8) is 0 Å². The number of rotatable bonds is 5. The molecule has 10 heteroatoms. The Kier molecular flexibility index (Phi) is 7.75. The molecule has 0 amide bonds. The summed E-state index contributed by atoms with van der Waals surface area (Å²) in [6, 6.07) is 49.3. The Morgan fingerprint density at radius 3 is 1.52 bits per heavy atom. The molecule has 7 heterocycles. The highest BCUT2D eigenvalue weighted by molar-refractivity contribution is 6.27. The van der Waals surface area contributed by atoms with E-state index in [1.54, 1.807) is 37.2 Å². The van der Waals surface area contributed by atoms with Crippen LogP contribution in [-0.2, 0) is 0 Å². The van der Waals surface area contributed by atoms with Crippen molar-refractivity contribution in [2.24, 2.45) is 0 Å². The van der Waals surface area contributed by atoms with Crippen molar-refractivity contribution >= 4 is 82.0 Å². The Morgan fingerprint density at radius 2 is 0.909 bits per heavy atom. The Bertz CT molecular complexity index is 4250. The van der Waals surface area contributed by atoms with Crippen LogP contribution in [0, 0.1) is 0 Å². The number of fused-ring (bicyclic) bond motifs is 9. The van der Waals surface area contributed by atoms with Crippen LogP contribution >= 0.6 is 0 Å². The molecule has 0 aliphatic carbocycles. The van der Waals surface area contributed by atoms with Crippen molar-refractivity contribution in [3.05, 3.63) is 212 Å². The molecule has 7 aromatic heterocycles. The minimum absolute atomic E-state index is 0.677. The average molecular weight is 845 g/mol. The molecule has 0 saturated carbocycles. The first-order chi connectivity index (χ1) is 32.8. The molecule has 0 bridgehead atoms. The first kappa shape index (κ1) is 36.2. The first-order valence-corrected chi connectivity index (χ1v) is 21.7. The van der Waals surface area contributed by atoms with Gasteiger partial charge in [0, 0.05) is 81.0 Å². The number of hydrogen-bond donors (Lipinski definition) is 0. The summed E-state index contributed by atoms with van der Waals surface area (Å²) in [4.78, 5) is 40.3. The maximum absolute atomic E-state index is 5.57. The van der Waals surface area contributed by atoms with Crippen molar-refractivity contribution in [1.29, 1.82) is 0 Å². The van der Waals surface area contributed by atoms with Gasteiger partial charge in [0.05, 0.1) is 46.7 Å². The maximum Gasteiger partial charge on any atom is 0.165 e. The number of benzene rings is 7. The zero-order chi connectivity index (χ0) is 43.3. The molecule has 0 saturated heterocycles. The monoisotopic (exact) mass is 844 g/mol. The van der Waals surface area contributed by atoms with Gasteiger partial charge in [0.15, 0.2) is 11.3 Å². The highest BCUT2D eigenvalue weighted by Gasteiger charge is 2.28. The van der Waals surface area contributed by atoms with Gasteiger partial charge in [0.1, 0.15) is 16.5 Å². The van der Waals surface area contributed by atoms with Gasteiger partial charge in [-0.05, 0) is 32.7 Å². The quantitative estimate of drug-likeness (QED) is 0.168. The summed E-state index contributed by atoms with van der Waals surface area (Å²) in [5, 5.41) is 8.26. The van der Waals surface area contributed by atoms with E-state index in [1.165, 1.54) is 0 Å². The van der Waals surface area contributed by atoms with Crippen LogP contribution in [0.4, 0.5) is 0 Å². The molecule has 66 heavy (non-hydrogen) atoms. The summed E-state index contributed by atoms with van der Waals surface area (Å²) in [7, 11) is 0. The largest absolute Gasteiger partial charge is 0.276 e. The first-order valence-electron chi connectivity index (χ1n) is 21.7. The zero-order valence-electron chi connectivity index (χ0n) is 34.9. The second-order valence-corrected chi connectivity index (χ2v) is 16.4. The molecule has 7 aromatic carbocycles. The maximum atomic E-state index is 5.57. The van der Waals surface area contributed by atoms with Gasteiger partial charge in [-0.15, -0.1) is 0 Å². The molecule has 0 aliphatic heterocycles. The summed E-state index contributed by atoms with van der Waals surface area (Å²) in [6.07, 6.45) is 15.9. The Balaban J connectivity index is 1.37. The lowest BCUT2D eigenvalue weighted by atomic mass is 9.90. The van der Waals surface area contributed by atoms with E-state index in [9.17, 15) is 0 Å². The van der Waals surface area contributed by atoms with Gasteiger partial charge < -0.3 is 0 Å². The van der Waals surface area contributed by atoms with Crippen LogP contribution in [0.2, 0.25) is 0 Å². The summed E-state index contributed by atoms with van der Waals surface area (Å²) >= 11 is 0. The van der Waals surface area contributed by atoms with E-state index in [4.69, 9.17) is 29.9 Å². The van der Waals surface area contributed by atoms with Gasteiger partial charge in [0.2, 0.25) is 0 Å². The topological polar surface area (TPSA) is 112 Å². The standard InChI is InChI=1S/C56H32N10/c1-2-12-35(13-3-1)44-32-63-55-51(64-44)49-43(46-31-58-25-27-60-46)23-21-41-40-20-22-42(45-30-57-24-26-59-45)48-50-54(62-29-28-61-50)65(52(40)48)56(66(55)53(41)49)47(38-18-8-14-33-10-4-6-16-36(33)38)39-19-9-15-34-11-5-7-17-37(34)39/h1-32H. The fourth-order valence-corrected chi connectivity index (χ4v) is 10.2. The molecule has 0 N–H and O–H groups in total. The van der Waals surface area contributed by atoms with E-state index in [0.717, 1.165) is 121 Å². The second-order valence-electron chi connectivity index (χ2n) is 16.4. The van der Waals surface area contributed by atoms with Gasteiger partial charge in [-0.2, -0.15) is 0 Å². The smallest absolute Gasteiger partial charge is 0.165 e. The minimum Gasteiger partial charge on any atom is -0.276 e. The van der Waals surface area contributed by atoms with E-state index < -0.39 is 0 Å². The molecular formula is C56H32N10. The van der Waals surface area contributed by atoms with E-state index in [-0.39, 0.29) is 0 Å². The van der Waals surface area contributed by atoms with E-state index >= 15 is 0 Å². The molecule has 0 aliphatic rings. The molecule has 0 unspecified atom stereocenters. The molecule has 0 radical (unpaired) electrons. The lowest BCUT2D eigenvalue weighted by Crippen LogP contribution is -2.25. The fraction of sp³-hybridized carbons (Fsp3) is 0. The Morgan fingerprint density at radius 1 is 0.379 bits per heavy atom. The summed E-state index contributed by atoms with van der Waals surface area (Å²) in [5.74, 6) is 0. The van der Waals surface area contributed by atoms with E-state index in [1.807, 2.05) is 36.8 Å². The normalized spacial score (nSPS) is 11.9. The van der Waals surface area contributed by atoms with Crippen LogP contribution in [0.1, 0.15) is 11.1 Å². The van der Waals surface area contributed by atoms with Crippen molar-refractivity contribution in [2.45, 2.75) is 0 Å². The molecule has 0 spiro atoms. The van der Waals surface area contributed by atoms with E-state index in [0.29, 0.717) is 11.3 Å². The van der Waals surface area contributed by atoms with Gasteiger partial charge in [0.25, 0.3) is 0 Å². The number of hydrogen-bond acceptors (Lipinski definition) is 8. The van der Waals surface area contributed by atoms with Gasteiger partial charge in [-0.25, -0.2) is 15.0 Å². The second kappa shape index (κ2) is 14.1. The van der Waals surface area contributed by atoms with E-state index in [2.05, 4.69) is 140 Å². The third-order valence-corrected chi connectivity index (χ3v) is 12.9. The number of aromatic nitrogens is 10. The predicted molar refractivity (Wildman–Crippen MR) is 262 cm³/mol. The van der Waals surface area contributed by atoms with Crippen molar-refractivity contribution in [2.75, 3.05) is 0 Å². The molecule has 0 fully saturated rings. The highest BCUT2D eigenvalue weighted by Crippen LogP contribution is 2.44. The van der Waals surface area contributed by atoms with Crippen molar-refractivity contribution in [1.82, 2.24) is 48.7 Å². The van der Waals surface area contributed by atoms with Crippen LogP contribution in [0.15, 0.2) is 195 Å². The Labute approximate surface area is 374 Å². The molecule has 0 atom stereocenters. The lowest BCUT2D eigenvalue weighted by molar-refractivity contribution is 0.999. The van der Waals surface area contributed by atoms with Gasteiger partial charge in [-0.1, -0.05) is 140 Å². The van der Waals surface area contributed by atoms with Gasteiger partial charge in [-0.3, -0.25) is 33.7 Å². The minimum atomic E-state index is 0.677. The van der Waals surface area contributed by atoms with Crippen LogP contribution in [0.25, 0.3) is 116 Å². The fourth-order valence-electron chi connectivity index (χ4n) is 10.2. The summed E-state index contributed by atoms with van der Waals surface area (Å²) in [5.41, 5.74) is 13.6. The third kappa shape index (κ3) is 5.17. The lowest BCUT2D eigenvalue weighted by Gasteiger charge is -2.16. The summed E-state index contributed by atoms with van der Waals surface area (Å²) in [6.45, 7) is 0.